The van der Waals surface area contributed by atoms with Crippen LogP contribution in [0.3, 0.4) is 0 Å². The number of thiazole rings is 1. The zero-order chi connectivity index (χ0) is 21.5. The Morgan fingerprint density at radius 3 is 2.80 bits per heavy atom. The first-order valence-corrected chi connectivity index (χ1v) is 11.0. The molecular formula is C16H13F3N6O3S2. The maximum absolute atomic E-state index is 12.8. The Kier molecular flexibility index (Phi) is 4.97. The summed E-state index contributed by atoms with van der Waals surface area (Å²) in [7, 11) is -1.27. The molecule has 158 valence electrons. The summed E-state index contributed by atoms with van der Waals surface area (Å²) in [6, 6.07) is 3.05. The van der Waals surface area contributed by atoms with Crippen molar-refractivity contribution in [3.8, 4) is 16.6 Å². The van der Waals surface area contributed by atoms with E-state index in [1.54, 1.807) is 22.2 Å². The van der Waals surface area contributed by atoms with E-state index in [9.17, 15) is 17.4 Å². The van der Waals surface area contributed by atoms with Crippen LogP contribution < -0.4 is 4.74 Å². The van der Waals surface area contributed by atoms with E-state index in [0.717, 1.165) is 0 Å². The Bertz CT molecular complexity index is 1330. The van der Waals surface area contributed by atoms with Crippen LogP contribution in [0.15, 0.2) is 43.8 Å². The highest BCUT2D eigenvalue weighted by Crippen LogP contribution is 2.29. The molecule has 14 heteroatoms. The molecule has 4 aromatic heterocycles. The van der Waals surface area contributed by atoms with Crippen LogP contribution in [0.25, 0.3) is 17.0 Å². The third kappa shape index (κ3) is 4.00. The van der Waals surface area contributed by atoms with Crippen LogP contribution in [0.5, 0.6) is 5.19 Å². The summed E-state index contributed by atoms with van der Waals surface area (Å²) in [6.45, 7) is 0.0621. The minimum absolute atomic E-state index is 0.0621. The zero-order valence-electron chi connectivity index (χ0n) is 15.5. The highest BCUT2D eigenvalue weighted by atomic mass is 32.2. The number of ether oxygens (including phenoxy) is 1. The van der Waals surface area contributed by atoms with Gasteiger partial charge in [0.25, 0.3) is 5.19 Å². The molecule has 0 saturated heterocycles. The molecule has 0 radical (unpaired) electrons. The van der Waals surface area contributed by atoms with Gasteiger partial charge in [-0.15, -0.1) is 0 Å². The first-order chi connectivity index (χ1) is 14.2. The summed E-state index contributed by atoms with van der Waals surface area (Å²) >= 11 is 1.22. The Labute approximate surface area is 171 Å². The number of imidazole rings is 1. The van der Waals surface area contributed by atoms with E-state index in [1.165, 1.54) is 36.8 Å². The van der Waals surface area contributed by atoms with Crippen LogP contribution in [0.1, 0.15) is 11.6 Å². The quantitative estimate of drug-likeness (QED) is 0.450. The molecule has 0 aliphatic rings. The van der Waals surface area contributed by atoms with Crippen molar-refractivity contribution >= 4 is 26.7 Å². The van der Waals surface area contributed by atoms with Crippen LogP contribution in [0.2, 0.25) is 0 Å². The van der Waals surface area contributed by atoms with Crippen molar-refractivity contribution in [3.63, 3.8) is 0 Å². The SMILES string of the molecule is COc1nc(S(C)(=O)=NCc2cn3ccc(-c4noc(C(F)(F)F)n4)cc3n2)cs1. The van der Waals surface area contributed by atoms with Gasteiger partial charge in [0.2, 0.25) is 5.82 Å². The van der Waals surface area contributed by atoms with Crippen molar-refractivity contribution in [2.45, 2.75) is 17.7 Å². The largest absolute Gasteiger partial charge is 0.473 e. The van der Waals surface area contributed by atoms with Gasteiger partial charge in [0.15, 0.2) is 0 Å². The fraction of sp³-hybridized carbons (Fsp3) is 0.250. The second-order valence-corrected chi connectivity index (χ2v) is 9.18. The molecule has 0 aromatic carbocycles. The maximum Gasteiger partial charge on any atom is 0.471 e. The van der Waals surface area contributed by atoms with Gasteiger partial charge in [0, 0.05) is 29.6 Å². The number of aromatic nitrogens is 5. The molecule has 1 unspecified atom stereocenters. The molecular weight excluding hydrogens is 445 g/mol. The van der Waals surface area contributed by atoms with Gasteiger partial charge >= 0.3 is 12.1 Å². The summed E-state index contributed by atoms with van der Waals surface area (Å²) in [5.41, 5.74) is 1.27. The van der Waals surface area contributed by atoms with E-state index in [2.05, 4.69) is 29.0 Å². The van der Waals surface area contributed by atoms with Gasteiger partial charge in [-0.1, -0.05) is 16.5 Å². The Balaban J connectivity index is 1.59. The zero-order valence-corrected chi connectivity index (χ0v) is 17.1. The number of methoxy groups -OCH3 is 1. The first-order valence-electron chi connectivity index (χ1n) is 8.22. The average molecular weight is 458 g/mol. The minimum atomic E-state index is -4.72. The lowest BCUT2D eigenvalue weighted by Gasteiger charge is -1.99. The predicted molar refractivity (Wildman–Crippen MR) is 101 cm³/mol. The summed E-state index contributed by atoms with van der Waals surface area (Å²) in [6.07, 6.45) is 0.0340. The summed E-state index contributed by atoms with van der Waals surface area (Å²) in [5, 5.41) is 5.71. The maximum atomic E-state index is 12.8. The van der Waals surface area contributed by atoms with Crippen LogP contribution >= 0.6 is 11.3 Å². The molecule has 0 aliphatic heterocycles. The predicted octanol–water partition coefficient (Wildman–Crippen LogP) is 3.53. The lowest BCUT2D eigenvalue weighted by atomic mass is 10.2. The fourth-order valence-corrected chi connectivity index (χ4v) is 4.65. The van der Waals surface area contributed by atoms with Gasteiger partial charge < -0.3 is 13.7 Å². The molecule has 0 amide bonds. The summed E-state index contributed by atoms with van der Waals surface area (Å²) in [5.74, 6) is -1.62. The molecule has 0 spiro atoms. The first kappa shape index (κ1) is 20.3. The Hall–Kier alpha value is -3.00. The standard InChI is InChI=1S/C16H13F3N6O3S2/c1-27-15-22-12(8-29-15)30(2,26)20-6-10-7-25-4-3-9(5-11(25)21-10)13-23-14(28-24-13)16(17,18)19/h3-5,7-8H,6H2,1-2H3. The third-order valence-electron chi connectivity index (χ3n) is 3.93. The van der Waals surface area contributed by atoms with Crippen molar-refractivity contribution in [2.75, 3.05) is 13.4 Å². The molecule has 4 rings (SSSR count). The van der Waals surface area contributed by atoms with Gasteiger partial charge in [0.05, 0.1) is 29.1 Å². The summed E-state index contributed by atoms with van der Waals surface area (Å²) < 4.78 is 65.9. The van der Waals surface area contributed by atoms with Crippen molar-refractivity contribution in [1.29, 1.82) is 0 Å². The molecule has 4 aromatic rings. The molecule has 1 atom stereocenters. The number of nitrogens with zero attached hydrogens (tertiary/aromatic N) is 6. The van der Waals surface area contributed by atoms with E-state index in [-0.39, 0.29) is 12.4 Å². The number of rotatable bonds is 5. The van der Waals surface area contributed by atoms with E-state index in [0.29, 0.717) is 27.1 Å². The molecule has 0 aliphatic carbocycles. The number of alkyl halides is 3. The molecule has 0 saturated carbocycles. The van der Waals surface area contributed by atoms with Crippen LogP contribution in [0.4, 0.5) is 13.2 Å². The van der Waals surface area contributed by atoms with Gasteiger partial charge in [-0.25, -0.2) is 13.6 Å². The summed E-state index contributed by atoms with van der Waals surface area (Å²) in [4.78, 5) is 11.8. The van der Waals surface area contributed by atoms with Crippen LogP contribution in [0, 0.1) is 0 Å². The monoisotopic (exact) mass is 458 g/mol. The Morgan fingerprint density at radius 1 is 1.33 bits per heavy atom. The van der Waals surface area contributed by atoms with Crippen molar-refractivity contribution in [1.82, 2.24) is 24.5 Å². The van der Waals surface area contributed by atoms with E-state index in [4.69, 9.17) is 4.74 Å². The highest BCUT2D eigenvalue weighted by Gasteiger charge is 2.38. The number of pyridine rings is 1. The second-order valence-electron chi connectivity index (χ2n) is 6.08. The van der Waals surface area contributed by atoms with E-state index in [1.807, 2.05) is 0 Å². The second kappa shape index (κ2) is 7.36. The van der Waals surface area contributed by atoms with Crippen LogP contribution in [-0.2, 0) is 22.5 Å². The molecule has 0 bridgehead atoms. The lowest BCUT2D eigenvalue weighted by molar-refractivity contribution is -0.159. The van der Waals surface area contributed by atoms with Gasteiger partial charge in [0.1, 0.15) is 10.7 Å². The lowest BCUT2D eigenvalue weighted by Crippen LogP contribution is -2.04. The number of halogens is 3. The van der Waals surface area contributed by atoms with Gasteiger partial charge in [-0.05, 0) is 12.1 Å². The van der Waals surface area contributed by atoms with Gasteiger partial charge in [-0.2, -0.15) is 23.1 Å². The smallest absolute Gasteiger partial charge is 0.471 e. The number of hydrogen-bond acceptors (Lipinski definition) is 9. The molecule has 0 fully saturated rings. The van der Waals surface area contributed by atoms with Crippen LogP contribution in [-0.4, -0.2) is 42.1 Å². The topological polar surface area (TPSA) is 108 Å². The number of hydrogen-bond donors (Lipinski definition) is 0. The fourth-order valence-electron chi connectivity index (χ4n) is 2.47. The molecule has 0 N–H and O–H groups in total. The highest BCUT2D eigenvalue weighted by molar-refractivity contribution is 7.93. The average Bonchev–Trinajstić information content (AvgIpc) is 3.44. The molecule has 9 nitrogen and oxygen atoms in total. The van der Waals surface area contributed by atoms with E-state index < -0.39 is 21.8 Å². The van der Waals surface area contributed by atoms with Gasteiger partial charge in [-0.3, -0.25) is 0 Å². The van der Waals surface area contributed by atoms with E-state index >= 15 is 0 Å². The van der Waals surface area contributed by atoms with Crippen molar-refractivity contribution in [2.24, 2.45) is 4.36 Å². The molecule has 4 heterocycles. The third-order valence-corrected chi connectivity index (χ3v) is 6.49. The minimum Gasteiger partial charge on any atom is -0.473 e. The van der Waals surface area contributed by atoms with Crippen molar-refractivity contribution < 1.29 is 26.6 Å². The Morgan fingerprint density at radius 2 is 2.13 bits per heavy atom. The molecule has 30 heavy (non-hydrogen) atoms. The van der Waals surface area contributed by atoms with Crippen molar-refractivity contribution in [3.05, 3.63) is 41.5 Å². The normalized spacial score (nSPS) is 14.0. The number of fused-ring (bicyclic) bond motifs is 1.